The first-order chi connectivity index (χ1) is 8.00. The van der Waals surface area contributed by atoms with E-state index in [9.17, 15) is 4.79 Å². The van der Waals surface area contributed by atoms with Gasteiger partial charge in [0.25, 0.3) is 0 Å². The third-order valence-electron chi connectivity index (χ3n) is 2.47. The van der Waals surface area contributed by atoms with Crippen molar-refractivity contribution in [2.75, 3.05) is 40.1 Å². The molecule has 0 unspecified atom stereocenters. The van der Waals surface area contributed by atoms with Crippen LogP contribution in [0, 0.1) is 5.41 Å². The summed E-state index contributed by atoms with van der Waals surface area (Å²) < 4.78 is 15.4. The van der Waals surface area contributed by atoms with E-state index in [0.29, 0.717) is 39.5 Å². The van der Waals surface area contributed by atoms with Crippen molar-refractivity contribution < 1.29 is 24.1 Å². The number of aliphatic carboxylic acids is 1. The monoisotopic (exact) mass is 248 g/mol. The standard InChI is InChI=1S/C12H24O5/c1-12(2,11(13)14)5-4-6-16-9-10-17-8-7-15-3/h4-10H2,1-3H3,(H,13,14). The van der Waals surface area contributed by atoms with Crippen LogP contribution in [0.2, 0.25) is 0 Å². The van der Waals surface area contributed by atoms with Crippen LogP contribution in [-0.2, 0) is 19.0 Å². The smallest absolute Gasteiger partial charge is 0.309 e. The minimum atomic E-state index is -0.764. The zero-order valence-corrected chi connectivity index (χ0v) is 11.0. The van der Waals surface area contributed by atoms with Crippen LogP contribution in [0.3, 0.4) is 0 Å². The van der Waals surface area contributed by atoms with Crippen molar-refractivity contribution >= 4 is 5.97 Å². The van der Waals surface area contributed by atoms with Gasteiger partial charge in [0, 0.05) is 13.7 Å². The van der Waals surface area contributed by atoms with Crippen molar-refractivity contribution in [3.63, 3.8) is 0 Å². The molecule has 102 valence electrons. The molecule has 0 aromatic carbocycles. The van der Waals surface area contributed by atoms with E-state index in [1.807, 2.05) is 0 Å². The number of ether oxygens (including phenoxy) is 3. The molecule has 0 heterocycles. The summed E-state index contributed by atoms with van der Waals surface area (Å²) in [6.07, 6.45) is 1.37. The number of hydrogen-bond donors (Lipinski definition) is 1. The second-order valence-corrected chi connectivity index (χ2v) is 4.51. The Bertz CT molecular complexity index is 203. The first-order valence-electron chi connectivity index (χ1n) is 5.88. The highest BCUT2D eigenvalue weighted by Gasteiger charge is 2.25. The average Bonchev–Trinajstić information content (AvgIpc) is 2.26. The van der Waals surface area contributed by atoms with Crippen LogP contribution in [0.1, 0.15) is 26.7 Å². The lowest BCUT2D eigenvalue weighted by molar-refractivity contribution is -0.147. The molecule has 1 N–H and O–H groups in total. The highest BCUT2D eigenvalue weighted by molar-refractivity contribution is 5.73. The summed E-state index contributed by atoms with van der Waals surface area (Å²) >= 11 is 0. The number of rotatable bonds is 11. The largest absolute Gasteiger partial charge is 0.481 e. The number of carboxylic acid groups (broad SMARTS) is 1. The molecule has 0 rings (SSSR count). The molecular formula is C12H24O5. The molecule has 0 aliphatic rings. The molecule has 0 saturated carbocycles. The van der Waals surface area contributed by atoms with Crippen LogP contribution >= 0.6 is 0 Å². The summed E-state index contributed by atoms with van der Waals surface area (Å²) in [5.74, 6) is -0.764. The first kappa shape index (κ1) is 16.4. The molecule has 0 saturated heterocycles. The lowest BCUT2D eigenvalue weighted by Gasteiger charge is -2.18. The minimum absolute atomic E-state index is 0.539. The molecule has 0 radical (unpaired) electrons. The summed E-state index contributed by atoms with van der Waals surface area (Å²) in [4.78, 5) is 10.8. The second-order valence-electron chi connectivity index (χ2n) is 4.51. The molecule has 0 aliphatic heterocycles. The number of methoxy groups -OCH3 is 1. The quantitative estimate of drug-likeness (QED) is 0.562. The third kappa shape index (κ3) is 9.09. The van der Waals surface area contributed by atoms with Crippen molar-refractivity contribution in [2.24, 2.45) is 5.41 Å². The van der Waals surface area contributed by atoms with Gasteiger partial charge < -0.3 is 19.3 Å². The van der Waals surface area contributed by atoms with E-state index in [2.05, 4.69) is 0 Å². The highest BCUT2D eigenvalue weighted by atomic mass is 16.5. The zero-order valence-electron chi connectivity index (χ0n) is 11.0. The van der Waals surface area contributed by atoms with E-state index in [0.717, 1.165) is 6.42 Å². The summed E-state index contributed by atoms with van der Waals surface area (Å²) in [7, 11) is 1.63. The Labute approximate surface area is 103 Å². The Morgan fingerprint density at radius 2 is 1.59 bits per heavy atom. The fourth-order valence-electron chi connectivity index (χ4n) is 1.19. The highest BCUT2D eigenvalue weighted by Crippen LogP contribution is 2.22. The van der Waals surface area contributed by atoms with Crippen LogP contribution in [0.4, 0.5) is 0 Å². The molecule has 0 aliphatic carbocycles. The van der Waals surface area contributed by atoms with Crippen molar-refractivity contribution in [3.8, 4) is 0 Å². The van der Waals surface area contributed by atoms with Gasteiger partial charge in [-0.2, -0.15) is 0 Å². The number of carboxylic acids is 1. The topological polar surface area (TPSA) is 65.0 Å². The van der Waals surface area contributed by atoms with Crippen molar-refractivity contribution in [3.05, 3.63) is 0 Å². The Kier molecular flexibility index (Phi) is 9.03. The molecular weight excluding hydrogens is 224 g/mol. The number of carbonyl (C=O) groups is 1. The lowest BCUT2D eigenvalue weighted by atomic mass is 9.88. The Balaban J connectivity index is 3.27. The minimum Gasteiger partial charge on any atom is -0.481 e. The van der Waals surface area contributed by atoms with Crippen molar-refractivity contribution in [1.82, 2.24) is 0 Å². The SMILES string of the molecule is COCCOCCOCCCC(C)(C)C(=O)O. The second kappa shape index (κ2) is 9.39. The molecule has 5 heteroatoms. The Morgan fingerprint density at radius 3 is 2.12 bits per heavy atom. The van der Waals surface area contributed by atoms with Crippen LogP contribution in [-0.4, -0.2) is 51.2 Å². The van der Waals surface area contributed by atoms with Crippen LogP contribution in [0.15, 0.2) is 0 Å². The van der Waals surface area contributed by atoms with Gasteiger partial charge in [-0.15, -0.1) is 0 Å². The molecule has 0 aromatic rings. The van der Waals surface area contributed by atoms with E-state index in [1.54, 1.807) is 21.0 Å². The van der Waals surface area contributed by atoms with Gasteiger partial charge in [0.2, 0.25) is 0 Å². The molecule has 17 heavy (non-hydrogen) atoms. The van der Waals surface area contributed by atoms with Crippen molar-refractivity contribution in [2.45, 2.75) is 26.7 Å². The van der Waals surface area contributed by atoms with Crippen LogP contribution in [0.25, 0.3) is 0 Å². The lowest BCUT2D eigenvalue weighted by Crippen LogP contribution is -2.24. The summed E-state index contributed by atoms with van der Waals surface area (Å²) in [5, 5.41) is 8.89. The Hall–Kier alpha value is -0.650. The van der Waals surface area contributed by atoms with Crippen molar-refractivity contribution in [1.29, 1.82) is 0 Å². The van der Waals surface area contributed by atoms with Crippen LogP contribution in [0.5, 0.6) is 0 Å². The maximum atomic E-state index is 10.8. The van der Waals surface area contributed by atoms with Gasteiger partial charge in [-0.25, -0.2) is 0 Å². The average molecular weight is 248 g/mol. The molecule has 5 nitrogen and oxygen atoms in total. The van der Waals surface area contributed by atoms with Crippen LogP contribution < -0.4 is 0 Å². The van der Waals surface area contributed by atoms with E-state index >= 15 is 0 Å². The molecule has 0 fully saturated rings. The predicted molar refractivity (Wildman–Crippen MR) is 64.2 cm³/mol. The molecule has 0 amide bonds. The molecule has 0 spiro atoms. The number of hydrogen-bond acceptors (Lipinski definition) is 4. The molecule has 0 atom stereocenters. The fraction of sp³-hybridized carbons (Fsp3) is 0.917. The summed E-state index contributed by atoms with van der Waals surface area (Å²) in [6, 6.07) is 0. The third-order valence-corrected chi connectivity index (χ3v) is 2.47. The summed E-state index contributed by atoms with van der Waals surface area (Å²) in [5.41, 5.74) is -0.668. The van der Waals surface area contributed by atoms with Gasteiger partial charge in [0.15, 0.2) is 0 Å². The molecule has 0 bridgehead atoms. The van der Waals surface area contributed by atoms with E-state index in [1.165, 1.54) is 0 Å². The van der Waals surface area contributed by atoms with E-state index in [-0.39, 0.29) is 0 Å². The van der Waals surface area contributed by atoms with E-state index < -0.39 is 11.4 Å². The van der Waals surface area contributed by atoms with Gasteiger partial charge in [-0.3, -0.25) is 4.79 Å². The zero-order chi connectivity index (χ0) is 13.1. The fourth-order valence-corrected chi connectivity index (χ4v) is 1.19. The maximum Gasteiger partial charge on any atom is 0.309 e. The predicted octanol–water partition coefficient (Wildman–Crippen LogP) is 1.56. The normalized spacial score (nSPS) is 11.7. The summed E-state index contributed by atoms with van der Waals surface area (Å²) in [6.45, 7) is 6.28. The van der Waals surface area contributed by atoms with Gasteiger partial charge in [0.1, 0.15) is 0 Å². The molecule has 0 aromatic heterocycles. The van der Waals surface area contributed by atoms with Gasteiger partial charge in [-0.05, 0) is 26.7 Å². The maximum absolute atomic E-state index is 10.8. The van der Waals surface area contributed by atoms with Gasteiger partial charge in [-0.1, -0.05) is 0 Å². The van der Waals surface area contributed by atoms with Gasteiger partial charge >= 0.3 is 5.97 Å². The Morgan fingerprint density at radius 1 is 1.06 bits per heavy atom. The van der Waals surface area contributed by atoms with E-state index in [4.69, 9.17) is 19.3 Å². The van der Waals surface area contributed by atoms with Gasteiger partial charge in [0.05, 0.1) is 31.8 Å². The first-order valence-corrected chi connectivity index (χ1v) is 5.88.